The summed E-state index contributed by atoms with van der Waals surface area (Å²) in [5.41, 5.74) is 2.74. The fourth-order valence-electron chi connectivity index (χ4n) is 6.97. The van der Waals surface area contributed by atoms with Crippen molar-refractivity contribution in [2.45, 2.75) is 13.3 Å². The van der Waals surface area contributed by atoms with Crippen LogP contribution in [0.25, 0.3) is 32.7 Å². The first-order valence-corrected chi connectivity index (χ1v) is 19.1. The molecule has 0 nitrogen and oxygen atoms in total. The first kappa shape index (κ1) is 29.8. The van der Waals surface area contributed by atoms with Crippen LogP contribution in [0.2, 0.25) is 0 Å². The van der Waals surface area contributed by atoms with Crippen LogP contribution in [0, 0.1) is 5.92 Å². The van der Waals surface area contributed by atoms with E-state index in [4.69, 9.17) is 0 Å². The summed E-state index contributed by atoms with van der Waals surface area (Å²) in [5, 5.41) is 13.6. The maximum atomic E-state index is 2.53. The predicted molar refractivity (Wildman–Crippen MR) is 209 cm³/mol. The van der Waals surface area contributed by atoms with Gasteiger partial charge in [-0.05, 0) is 92.7 Å². The Labute approximate surface area is 280 Å². The lowest BCUT2D eigenvalue weighted by atomic mass is 9.93. The van der Waals surface area contributed by atoms with Crippen LogP contribution in [-0.4, -0.2) is 0 Å². The summed E-state index contributed by atoms with van der Waals surface area (Å²) in [5.74, 6) is 0.518. The van der Waals surface area contributed by atoms with Gasteiger partial charge in [0.25, 0.3) is 0 Å². The molecule has 1 aliphatic rings. The number of fused-ring (bicyclic) bond motifs is 2. The van der Waals surface area contributed by atoms with Gasteiger partial charge in [0.15, 0.2) is 0 Å². The zero-order chi connectivity index (χ0) is 31.6. The zero-order valence-corrected chi connectivity index (χ0v) is 28.3. The molecule has 0 aromatic heterocycles. The van der Waals surface area contributed by atoms with Crippen molar-refractivity contribution in [1.82, 2.24) is 0 Å². The molecule has 0 N–H and O–H groups in total. The van der Waals surface area contributed by atoms with Crippen LogP contribution in [0.5, 0.6) is 0 Å². The van der Waals surface area contributed by atoms with Crippen molar-refractivity contribution in [1.29, 1.82) is 0 Å². The summed E-state index contributed by atoms with van der Waals surface area (Å²) in [6, 6.07) is 61.1. The van der Waals surface area contributed by atoms with Crippen molar-refractivity contribution in [2.75, 3.05) is 0 Å². The zero-order valence-electron chi connectivity index (χ0n) is 26.5. The first-order chi connectivity index (χ1) is 23.3. The molecule has 1 aliphatic carbocycles. The lowest BCUT2D eigenvalue weighted by molar-refractivity contribution is 0.735. The van der Waals surface area contributed by atoms with Crippen molar-refractivity contribution in [3.8, 4) is 11.1 Å². The fraction of sp³-hybridized carbons (Fsp3) is 0.0667. The van der Waals surface area contributed by atoms with E-state index < -0.39 is 15.8 Å². The van der Waals surface area contributed by atoms with E-state index in [9.17, 15) is 0 Å². The molecule has 0 heterocycles. The Kier molecular flexibility index (Phi) is 8.40. The van der Waals surface area contributed by atoms with Gasteiger partial charge in [-0.2, -0.15) is 0 Å². The van der Waals surface area contributed by atoms with Gasteiger partial charge in [0, 0.05) is 0 Å². The average Bonchev–Trinajstić information content (AvgIpc) is 3.13. The molecule has 2 atom stereocenters. The van der Waals surface area contributed by atoms with Gasteiger partial charge in [-0.15, -0.1) is 0 Å². The van der Waals surface area contributed by atoms with E-state index in [0.29, 0.717) is 5.92 Å². The van der Waals surface area contributed by atoms with E-state index in [2.05, 4.69) is 189 Å². The van der Waals surface area contributed by atoms with Crippen molar-refractivity contribution in [3.05, 3.63) is 187 Å². The highest BCUT2D eigenvalue weighted by Crippen LogP contribution is 2.51. The summed E-state index contributed by atoms with van der Waals surface area (Å²) in [6.07, 6.45) is 8.41. The van der Waals surface area contributed by atoms with Gasteiger partial charge >= 0.3 is 0 Å². The van der Waals surface area contributed by atoms with E-state index in [0.717, 1.165) is 6.42 Å². The van der Waals surface area contributed by atoms with E-state index in [1.54, 1.807) is 0 Å². The van der Waals surface area contributed by atoms with Crippen molar-refractivity contribution < 1.29 is 0 Å². The third kappa shape index (κ3) is 5.79. The molecule has 0 saturated carbocycles. The maximum Gasteiger partial charge on any atom is -0.000884 e. The minimum atomic E-state index is -0.848. The maximum absolute atomic E-state index is 2.53. The topological polar surface area (TPSA) is 0 Å². The largest absolute Gasteiger partial charge is 0.0833 e. The summed E-state index contributed by atoms with van der Waals surface area (Å²) in [7, 11) is -1.68. The molecule has 2 unspecified atom stereocenters. The van der Waals surface area contributed by atoms with Gasteiger partial charge in [0.05, 0.1) is 0 Å². The van der Waals surface area contributed by atoms with Crippen molar-refractivity contribution in [2.24, 2.45) is 5.92 Å². The smallest absolute Gasteiger partial charge is 0.000884 e. The molecule has 0 saturated heterocycles. The average molecular weight is 639 g/mol. The van der Waals surface area contributed by atoms with Gasteiger partial charge in [-0.25, -0.2) is 0 Å². The number of hydrogen-bond acceptors (Lipinski definition) is 0. The molecule has 8 rings (SSSR count). The summed E-state index contributed by atoms with van der Waals surface area (Å²) >= 11 is 0. The lowest BCUT2D eigenvalue weighted by Crippen LogP contribution is -2.24. The van der Waals surface area contributed by atoms with Crippen LogP contribution in [0.3, 0.4) is 0 Å². The van der Waals surface area contributed by atoms with E-state index >= 15 is 0 Å². The standard InChI is InChI=1S/C45H36P2/c1-33-16-15-25-39(32-33)47(38-23-9-4-10-24-38)43-31-29-35-18-12-14-27-41(35)45(43)44-40-26-13-11-17-34(40)28-30-42(44)46(36-19-5-2-6-20-36)37-21-7-3-8-22-37/h2-15,17-33H,16H2,1H3. The Morgan fingerprint density at radius 3 is 1.36 bits per heavy atom. The highest BCUT2D eigenvalue weighted by atomic mass is 31.1. The highest BCUT2D eigenvalue weighted by Gasteiger charge is 2.28. The molecule has 2 heteroatoms. The second-order valence-corrected chi connectivity index (χ2v) is 16.6. The van der Waals surface area contributed by atoms with Crippen LogP contribution in [-0.2, 0) is 0 Å². The first-order valence-electron chi connectivity index (χ1n) is 16.4. The fourth-order valence-corrected chi connectivity index (χ4v) is 12.1. The molecule has 7 aromatic rings. The van der Waals surface area contributed by atoms with Gasteiger partial charge in [0.2, 0.25) is 0 Å². The van der Waals surface area contributed by atoms with Crippen molar-refractivity contribution in [3.63, 3.8) is 0 Å². The summed E-state index contributed by atoms with van der Waals surface area (Å²) < 4.78 is 0. The molecule has 0 radical (unpaired) electrons. The minimum Gasteiger partial charge on any atom is -0.0833 e. The molecular formula is C45H36P2. The molecule has 0 bridgehead atoms. The predicted octanol–water partition coefficient (Wildman–Crippen LogP) is 10.3. The van der Waals surface area contributed by atoms with Crippen LogP contribution in [0.15, 0.2) is 187 Å². The van der Waals surface area contributed by atoms with E-state index in [-0.39, 0.29) is 0 Å². The van der Waals surface area contributed by atoms with Gasteiger partial charge in [-0.1, -0.05) is 189 Å². The number of hydrogen-bond donors (Lipinski definition) is 0. The number of allylic oxidation sites excluding steroid dienone is 4. The third-order valence-corrected chi connectivity index (χ3v) is 14.1. The number of benzene rings is 7. The second-order valence-electron chi connectivity index (χ2n) is 12.2. The van der Waals surface area contributed by atoms with Gasteiger partial charge in [-0.3, -0.25) is 0 Å². The van der Waals surface area contributed by atoms with Crippen LogP contribution in [0.1, 0.15) is 13.3 Å². The molecule has 0 spiro atoms. The van der Waals surface area contributed by atoms with E-state index in [1.807, 2.05) is 0 Å². The molecular weight excluding hydrogens is 602 g/mol. The van der Waals surface area contributed by atoms with Crippen LogP contribution in [0.4, 0.5) is 0 Å². The molecule has 7 aromatic carbocycles. The minimum absolute atomic E-state index is 0.518. The van der Waals surface area contributed by atoms with Crippen molar-refractivity contribution >= 4 is 63.9 Å². The SMILES string of the molecule is CC1C=C(P(c2ccccc2)c2ccc3ccccc3c2-c2c(P(c3ccccc3)c3ccccc3)ccc3ccccc23)C=CC1. The quantitative estimate of drug-likeness (QED) is 0.153. The lowest BCUT2D eigenvalue weighted by Gasteiger charge is -2.29. The Bertz CT molecular complexity index is 2190. The Hall–Kier alpha value is -4.60. The molecule has 226 valence electrons. The second kappa shape index (κ2) is 13.3. The molecule has 47 heavy (non-hydrogen) atoms. The number of rotatable bonds is 7. The van der Waals surface area contributed by atoms with Crippen LogP contribution < -0.4 is 26.5 Å². The Morgan fingerprint density at radius 2 is 0.872 bits per heavy atom. The molecule has 0 amide bonds. The van der Waals surface area contributed by atoms with E-state index in [1.165, 1.54) is 64.5 Å². The van der Waals surface area contributed by atoms with Crippen LogP contribution >= 0.6 is 15.8 Å². The Balaban J connectivity index is 1.52. The monoisotopic (exact) mass is 638 g/mol. The summed E-state index contributed by atoms with van der Waals surface area (Å²) in [4.78, 5) is 0. The Morgan fingerprint density at radius 1 is 0.447 bits per heavy atom. The normalized spacial score (nSPS) is 15.2. The summed E-state index contributed by atoms with van der Waals surface area (Å²) in [6.45, 7) is 2.35. The van der Waals surface area contributed by atoms with Gasteiger partial charge in [0.1, 0.15) is 0 Å². The molecule has 0 aliphatic heterocycles. The third-order valence-electron chi connectivity index (χ3n) is 9.10. The molecule has 0 fully saturated rings. The highest BCUT2D eigenvalue weighted by molar-refractivity contribution is 7.80. The van der Waals surface area contributed by atoms with Gasteiger partial charge < -0.3 is 0 Å².